The summed E-state index contributed by atoms with van der Waals surface area (Å²) in [6.45, 7) is 1.91. The predicted molar refractivity (Wildman–Crippen MR) is 83.6 cm³/mol. The van der Waals surface area contributed by atoms with Crippen LogP contribution in [0.4, 0.5) is 5.69 Å². The fourth-order valence-corrected chi connectivity index (χ4v) is 3.68. The monoisotopic (exact) mass is 305 g/mol. The molecule has 0 bridgehead atoms. The Hall–Kier alpha value is -1.53. The van der Waals surface area contributed by atoms with Gasteiger partial charge in [0.05, 0.1) is 11.4 Å². The predicted octanol–water partition coefficient (Wildman–Crippen LogP) is 0.946. The second kappa shape index (κ2) is 6.07. The van der Waals surface area contributed by atoms with Crippen molar-refractivity contribution in [2.75, 3.05) is 37.3 Å². The molecule has 2 heterocycles. The van der Waals surface area contributed by atoms with Crippen LogP contribution in [-0.4, -0.2) is 55.2 Å². The summed E-state index contributed by atoms with van der Waals surface area (Å²) in [4.78, 5) is 29.1. The van der Waals surface area contributed by atoms with Crippen LogP contribution in [0.3, 0.4) is 0 Å². The van der Waals surface area contributed by atoms with Gasteiger partial charge in [0.2, 0.25) is 11.8 Å². The van der Waals surface area contributed by atoms with Gasteiger partial charge in [0.15, 0.2) is 0 Å². The van der Waals surface area contributed by atoms with Gasteiger partial charge in [-0.1, -0.05) is 12.1 Å². The number of amides is 2. The average molecular weight is 305 g/mol. The summed E-state index contributed by atoms with van der Waals surface area (Å²) < 4.78 is 0. The third-order valence-electron chi connectivity index (χ3n) is 4.08. The average Bonchev–Trinajstić information content (AvgIpc) is 3.03. The number of nitrogens with one attached hydrogen (secondary N) is 1. The van der Waals surface area contributed by atoms with Gasteiger partial charge < -0.3 is 15.1 Å². The normalized spacial score (nSPS) is 21.3. The summed E-state index contributed by atoms with van der Waals surface area (Å²) in [5.74, 6) is 0.405. The lowest BCUT2D eigenvalue weighted by molar-refractivity contribution is -0.131. The molecule has 0 aromatic heterocycles. The summed E-state index contributed by atoms with van der Waals surface area (Å²) in [5, 5.41) is 3.26. The minimum atomic E-state index is -0.00115. The lowest BCUT2D eigenvalue weighted by Gasteiger charge is -2.31. The second-order valence-electron chi connectivity index (χ2n) is 5.39. The van der Waals surface area contributed by atoms with E-state index in [2.05, 4.69) is 5.32 Å². The van der Waals surface area contributed by atoms with Crippen molar-refractivity contribution in [2.24, 2.45) is 0 Å². The molecule has 3 rings (SSSR count). The first kappa shape index (κ1) is 14.4. The molecule has 0 saturated carbocycles. The second-order valence-corrected chi connectivity index (χ2v) is 6.40. The molecule has 2 aliphatic rings. The Kier molecular flexibility index (Phi) is 4.17. The van der Waals surface area contributed by atoms with E-state index < -0.39 is 0 Å². The summed E-state index contributed by atoms with van der Waals surface area (Å²) >= 11 is 1.54. The number of nitrogens with zero attached hydrogens (tertiary/aromatic N) is 2. The van der Waals surface area contributed by atoms with Gasteiger partial charge in [-0.15, -0.1) is 11.8 Å². The van der Waals surface area contributed by atoms with Crippen molar-refractivity contribution < 1.29 is 9.59 Å². The number of carbonyl (C=O) groups excluding carboxylic acids is 2. The summed E-state index contributed by atoms with van der Waals surface area (Å²) in [6.07, 6.45) is 0.975. The molecule has 1 aromatic carbocycles. The SMILES string of the molecule is CN(C(=O)CN1C(=O)CSc2ccccc21)C1CCNC1. The number of thioether (sulfide) groups is 1. The molecule has 0 spiro atoms. The van der Waals surface area contributed by atoms with Crippen LogP contribution in [-0.2, 0) is 9.59 Å². The van der Waals surface area contributed by atoms with Crippen molar-refractivity contribution in [3.63, 3.8) is 0 Å². The quantitative estimate of drug-likeness (QED) is 0.903. The van der Waals surface area contributed by atoms with Gasteiger partial charge in [-0.2, -0.15) is 0 Å². The van der Waals surface area contributed by atoms with Crippen LogP contribution in [0.5, 0.6) is 0 Å². The van der Waals surface area contributed by atoms with Gasteiger partial charge >= 0.3 is 0 Å². The third-order valence-corrected chi connectivity index (χ3v) is 5.12. The van der Waals surface area contributed by atoms with E-state index in [-0.39, 0.29) is 24.4 Å². The number of hydrogen-bond acceptors (Lipinski definition) is 4. The molecule has 112 valence electrons. The van der Waals surface area contributed by atoms with Crippen LogP contribution in [0.25, 0.3) is 0 Å². The first-order valence-electron chi connectivity index (χ1n) is 7.15. The van der Waals surface area contributed by atoms with E-state index in [9.17, 15) is 9.59 Å². The van der Waals surface area contributed by atoms with E-state index in [0.29, 0.717) is 5.75 Å². The highest BCUT2D eigenvalue weighted by atomic mass is 32.2. The maximum atomic E-state index is 12.5. The Morgan fingerprint density at radius 1 is 1.48 bits per heavy atom. The smallest absolute Gasteiger partial charge is 0.242 e. The standard InChI is InChI=1S/C15H19N3O2S/c1-17(11-6-7-16-8-11)14(19)9-18-12-4-2-3-5-13(12)21-10-15(18)20/h2-5,11,16H,6-10H2,1H3. The molecule has 1 fully saturated rings. The molecule has 0 radical (unpaired) electrons. The first-order chi connectivity index (χ1) is 10.2. The van der Waals surface area contributed by atoms with Gasteiger partial charge in [-0.05, 0) is 25.1 Å². The zero-order valence-electron chi connectivity index (χ0n) is 12.0. The van der Waals surface area contributed by atoms with Crippen molar-refractivity contribution >= 4 is 29.3 Å². The van der Waals surface area contributed by atoms with Gasteiger partial charge in [0, 0.05) is 24.5 Å². The number of rotatable bonds is 3. The Labute approximate surface area is 128 Å². The molecule has 2 aliphatic heterocycles. The summed E-state index contributed by atoms with van der Waals surface area (Å²) in [7, 11) is 1.83. The lowest BCUT2D eigenvalue weighted by atomic mass is 10.2. The van der Waals surface area contributed by atoms with E-state index in [0.717, 1.165) is 30.1 Å². The molecule has 21 heavy (non-hydrogen) atoms. The van der Waals surface area contributed by atoms with Crippen molar-refractivity contribution in [2.45, 2.75) is 17.4 Å². The van der Waals surface area contributed by atoms with Crippen molar-refractivity contribution in [1.82, 2.24) is 10.2 Å². The fourth-order valence-electron chi connectivity index (χ4n) is 2.75. The molecule has 6 heteroatoms. The number of hydrogen-bond donors (Lipinski definition) is 1. The molecule has 5 nitrogen and oxygen atoms in total. The highest BCUT2D eigenvalue weighted by Crippen LogP contribution is 2.34. The molecule has 1 aromatic rings. The Balaban J connectivity index is 1.74. The van der Waals surface area contributed by atoms with Crippen LogP contribution in [0.15, 0.2) is 29.2 Å². The number of fused-ring (bicyclic) bond motifs is 1. The Morgan fingerprint density at radius 2 is 2.29 bits per heavy atom. The van der Waals surface area contributed by atoms with E-state index in [1.165, 1.54) is 11.8 Å². The van der Waals surface area contributed by atoms with Crippen molar-refractivity contribution in [1.29, 1.82) is 0 Å². The minimum absolute atomic E-state index is 0.00115. The van der Waals surface area contributed by atoms with Crippen LogP contribution in [0, 0.1) is 0 Å². The largest absolute Gasteiger partial charge is 0.340 e. The van der Waals surface area contributed by atoms with Crippen molar-refractivity contribution in [3.8, 4) is 0 Å². The highest BCUT2D eigenvalue weighted by Gasteiger charge is 2.29. The van der Waals surface area contributed by atoms with E-state index in [1.54, 1.807) is 9.80 Å². The minimum Gasteiger partial charge on any atom is -0.340 e. The number of anilines is 1. The number of likely N-dealkylation sites (N-methyl/N-ethyl adjacent to an activating group) is 1. The number of para-hydroxylation sites is 1. The van der Waals surface area contributed by atoms with Crippen LogP contribution in [0.1, 0.15) is 6.42 Å². The van der Waals surface area contributed by atoms with Gasteiger partial charge in [-0.25, -0.2) is 0 Å². The van der Waals surface area contributed by atoms with E-state index in [1.807, 2.05) is 31.3 Å². The summed E-state index contributed by atoms with van der Waals surface area (Å²) in [6, 6.07) is 8.00. The van der Waals surface area contributed by atoms with Gasteiger partial charge in [0.25, 0.3) is 0 Å². The topological polar surface area (TPSA) is 52.7 Å². The van der Waals surface area contributed by atoms with Crippen LogP contribution < -0.4 is 10.2 Å². The Morgan fingerprint density at radius 3 is 3.05 bits per heavy atom. The zero-order valence-corrected chi connectivity index (χ0v) is 12.9. The molecule has 2 amide bonds. The number of benzene rings is 1. The van der Waals surface area contributed by atoms with E-state index in [4.69, 9.17) is 0 Å². The van der Waals surface area contributed by atoms with Gasteiger partial charge in [0.1, 0.15) is 6.54 Å². The molecular weight excluding hydrogens is 286 g/mol. The van der Waals surface area contributed by atoms with Crippen LogP contribution in [0.2, 0.25) is 0 Å². The van der Waals surface area contributed by atoms with Crippen LogP contribution >= 0.6 is 11.8 Å². The maximum absolute atomic E-state index is 12.5. The molecule has 1 unspecified atom stereocenters. The van der Waals surface area contributed by atoms with Crippen molar-refractivity contribution in [3.05, 3.63) is 24.3 Å². The summed E-state index contributed by atoms with van der Waals surface area (Å²) in [5.41, 5.74) is 0.852. The third kappa shape index (κ3) is 2.91. The van der Waals surface area contributed by atoms with Gasteiger partial charge in [-0.3, -0.25) is 9.59 Å². The molecule has 1 atom stereocenters. The Bertz CT molecular complexity index is 558. The maximum Gasteiger partial charge on any atom is 0.242 e. The lowest BCUT2D eigenvalue weighted by Crippen LogP contribution is -2.47. The molecule has 1 N–H and O–H groups in total. The molecular formula is C15H19N3O2S. The highest BCUT2D eigenvalue weighted by molar-refractivity contribution is 8.00. The molecule has 1 saturated heterocycles. The number of carbonyl (C=O) groups is 2. The zero-order chi connectivity index (χ0) is 14.8. The fraction of sp³-hybridized carbons (Fsp3) is 0.467. The molecule has 0 aliphatic carbocycles. The first-order valence-corrected chi connectivity index (χ1v) is 8.14. The van der Waals surface area contributed by atoms with E-state index >= 15 is 0 Å².